The topological polar surface area (TPSA) is 21.3 Å². The van der Waals surface area contributed by atoms with Gasteiger partial charge in [0.25, 0.3) is 0 Å². The van der Waals surface area contributed by atoms with E-state index in [1.165, 1.54) is 6.07 Å². The quantitative estimate of drug-likeness (QED) is 0.812. The van der Waals surface area contributed by atoms with Gasteiger partial charge in [-0.05, 0) is 44.5 Å². The molecular formula is C14H21ClFNO. The van der Waals surface area contributed by atoms with Gasteiger partial charge in [-0.25, -0.2) is 4.39 Å². The number of ether oxygens (including phenoxy) is 1. The molecule has 1 aromatic carbocycles. The molecule has 1 atom stereocenters. The Labute approximate surface area is 113 Å². The van der Waals surface area contributed by atoms with Crippen LogP contribution in [0, 0.1) is 5.82 Å². The van der Waals surface area contributed by atoms with E-state index in [2.05, 4.69) is 12.2 Å². The Morgan fingerprint density at radius 1 is 1.39 bits per heavy atom. The van der Waals surface area contributed by atoms with Crippen LogP contribution >= 0.6 is 11.6 Å². The zero-order valence-corrected chi connectivity index (χ0v) is 11.9. The van der Waals surface area contributed by atoms with Crippen LogP contribution in [0.5, 0.6) is 0 Å². The minimum Gasteiger partial charge on any atom is -0.377 e. The predicted octanol–water partition coefficient (Wildman–Crippen LogP) is 3.94. The average Bonchev–Trinajstić information content (AvgIpc) is 2.33. The summed E-state index contributed by atoms with van der Waals surface area (Å²) in [6, 6.07) is 4.89. The Balaban J connectivity index is 2.76. The minimum atomic E-state index is -0.387. The maximum Gasteiger partial charge on any atom is 0.142 e. The van der Waals surface area contributed by atoms with Crippen LogP contribution in [0.25, 0.3) is 0 Å². The molecule has 0 amide bonds. The first kappa shape index (κ1) is 15.4. The van der Waals surface area contributed by atoms with Crippen LogP contribution in [0.2, 0.25) is 5.02 Å². The van der Waals surface area contributed by atoms with Crippen LogP contribution in [-0.4, -0.2) is 19.3 Å². The van der Waals surface area contributed by atoms with Gasteiger partial charge in [0.15, 0.2) is 0 Å². The fourth-order valence-electron chi connectivity index (χ4n) is 1.61. The number of nitrogens with one attached hydrogen (secondary N) is 1. The summed E-state index contributed by atoms with van der Waals surface area (Å²) >= 11 is 5.69. The number of rotatable bonds is 7. The van der Waals surface area contributed by atoms with E-state index < -0.39 is 0 Å². The first-order valence-electron chi connectivity index (χ1n) is 6.34. The van der Waals surface area contributed by atoms with Gasteiger partial charge < -0.3 is 10.1 Å². The molecule has 0 radical (unpaired) electrons. The molecule has 0 aliphatic heterocycles. The smallest absolute Gasteiger partial charge is 0.142 e. The Morgan fingerprint density at radius 3 is 2.67 bits per heavy atom. The molecule has 1 aromatic rings. The number of hydrogen-bond donors (Lipinski definition) is 1. The maximum atomic E-state index is 13.5. The van der Waals surface area contributed by atoms with Gasteiger partial charge in [0.05, 0.1) is 23.8 Å². The molecule has 1 unspecified atom stereocenters. The lowest BCUT2D eigenvalue weighted by Crippen LogP contribution is -2.27. The monoisotopic (exact) mass is 273 g/mol. The SMILES string of the molecule is CCCNC(COC(C)C)c1ccc(Cl)c(F)c1. The maximum absolute atomic E-state index is 13.5. The third-order valence-electron chi connectivity index (χ3n) is 2.58. The molecule has 102 valence electrons. The van der Waals surface area contributed by atoms with Crippen molar-refractivity contribution in [3.8, 4) is 0 Å². The van der Waals surface area contributed by atoms with Gasteiger partial charge in [0.2, 0.25) is 0 Å². The third kappa shape index (κ3) is 4.92. The minimum absolute atomic E-state index is 0.000818. The summed E-state index contributed by atoms with van der Waals surface area (Å²) in [5.74, 6) is -0.387. The van der Waals surface area contributed by atoms with Crippen molar-refractivity contribution in [3.63, 3.8) is 0 Å². The summed E-state index contributed by atoms with van der Waals surface area (Å²) in [6.07, 6.45) is 1.18. The van der Waals surface area contributed by atoms with Crippen LogP contribution in [0.15, 0.2) is 18.2 Å². The van der Waals surface area contributed by atoms with Crippen molar-refractivity contribution in [2.45, 2.75) is 39.3 Å². The van der Waals surface area contributed by atoms with E-state index in [0.29, 0.717) is 6.61 Å². The summed E-state index contributed by atoms with van der Waals surface area (Å²) in [7, 11) is 0. The third-order valence-corrected chi connectivity index (χ3v) is 2.89. The van der Waals surface area contributed by atoms with E-state index in [0.717, 1.165) is 18.5 Å². The zero-order chi connectivity index (χ0) is 13.5. The first-order chi connectivity index (χ1) is 8.54. The number of hydrogen-bond acceptors (Lipinski definition) is 2. The number of benzene rings is 1. The van der Waals surface area contributed by atoms with E-state index in [-0.39, 0.29) is 23.0 Å². The van der Waals surface area contributed by atoms with E-state index >= 15 is 0 Å². The van der Waals surface area contributed by atoms with Gasteiger partial charge in [-0.15, -0.1) is 0 Å². The highest BCUT2D eigenvalue weighted by Crippen LogP contribution is 2.21. The molecule has 0 aromatic heterocycles. The fraction of sp³-hybridized carbons (Fsp3) is 0.571. The van der Waals surface area contributed by atoms with E-state index in [1.807, 2.05) is 19.9 Å². The van der Waals surface area contributed by atoms with Crippen molar-refractivity contribution in [2.24, 2.45) is 0 Å². The van der Waals surface area contributed by atoms with Crippen molar-refractivity contribution in [1.82, 2.24) is 5.32 Å². The van der Waals surface area contributed by atoms with Crippen molar-refractivity contribution < 1.29 is 9.13 Å². The molecular weight excluding hydrogens is 253 g/mol. The molecule has 1 N–H and O–H groups in total. The van der Waals surface area contributed by atoms with Crippen LogP contribution in [0.3, 0.4) is 0 Å². The molecule has 2 nitrogen and oxygen atoms in total. The summed E-state index contributed by atoms with van der Waals surface area (Å²) in [4.78, 5) is 0. The fourth-order valence-corrected chi connectivity index (χ4v) is 1.73. The second-order valence-corrected chi connectivity index (χ2v) is 4.97. The highest BCUT2D eigenvalue weighted by atomic mass is 35.5. The molecule has 0 fully saturated rings. The average molecular weight is 274 g/mol. The van der Waals surface area contributed by atoms with Gasteiger partial charge in [-0.1, -0.05) is 24.6 Å². The second-order valence-electron chi connectivity index (χ2n) is 4.56. The molecule has 0 spiro atoms. The summed E-state index contributed by atoms with van der Waals surface area (Å²) in [5, 5.41) is 3.50. The molecule has 0 aliphatic carbocycles. The first-order valence-corrected chi connectivity index (χ1v) is 6.72. The Hall–Kier alpha value is -0.640. The van der Waals surface area contributed by atoms with Crippen molar-refractivity contribution in [1.29, 1.82) is 0 Å². The number of halogens is 2. The summed E-state index contributed by atoms with van der Waals surface area (Å²) < 4.78 is 19.1. The molecule has 0 saturated carbocycles. The van der Waals surface area contributed by atoms with Gasteiger partial charge in [0.1, 0.15) is 5.82 Å². The highest BCUT2D eigenvalue weighted by molar-refractivity contribution is 6.30. The largest absolute Gasteiger partial charge is 0.377 e. The standard InChI is InChI=1S/C14H21ClFNO/c1-4-7-17-14(9-18-10(2)3)11-5-6-12(15)13(16)8-11/h5-6,8,10,14,17H,4,7,9H2,1-3H3. The van der Waals surface area contributed by atoms with E-state index in [4.69, 9.17) is 16.3 Å². The van der Waals surface area contributed by atoms with Crippen LogP contribution in [0.4, 0.5) is 4.39 Å². The predicted molar refractivity (Wildman–Crippen MR) is 73.5 cm³/mol. The Bertz CT molecular complexity index is 371. The normalized spacial score (nSPS) is 13.0. The Kier molecular flexibility index (Phi) is 6.61. The lowest BCUT2D eigenvalue weighted by molar-refractivity contribution is 0.0611. The van der Waals surface area contributed by atoms with Gasteiger partial charge >= 0.3 is 0 Å². The molecule has 0 aliphatic rings. The second kappa shape index (κ2) is 7.72. The van der Waals surface area contributed by atoms with Crippen molar-refractivity contribution >= 4 is 11.6 Å². The lowest BCUT2D eigenvalue weighted by atomic mass is 10.1. The molecule has 0 saturated heterocycles. The van der Waals surface area contributed by atoms with Gasteiger partial charge in [0, 0.05) is 0 Å². The lowest BCUT2D eigenvalue weighted by Gasteiger charge is -2.20. The molecule has 4 heteroatoms. The molecule has 18 heavy (non-hydrogen) atoms. The van der Waals surface area contributed by atoms with Crippen LogP contribution in [0.1, 0.15) is 38.8 Å². The Morgan fingerprint density at radius 2 is 2.11 bits per heavy atom. The highest BCUT2D eigenvalue weighted by Gasteiger charge is 2.13. The molecule has 1 rings (SSSR count). The van der Waals surface area contributed by atoms with Crippen molar-refractivity contribution in [3.05, 3.63) is 34.6 Å². The van der Waals surface area contributed by atoms with Gasteiger partial charge in [-0.3, -0.25) is 0 Å². The molecule has 0 bridgehead atoms. The van der Waals surface area contributed by atoms with E-state index in [9.17, 15) is 4.39 Å². The summed E-state index contributed by atoms with van der Waals surface area (Å²) in [5.41, 5.74) is 0.867. The zero-order valence-electron chi connectivity index (χ0n) is 11.2. The summed E-state index contributed by atoms with van der Waals surface area (Å²) in [6.45, 7) is 7.46. The molecule has 0 heterocycles. The van der Waals surface area contributed by atoms with Crippen LogP contribution in [-0.2, 0) is 4.74 Å². The van der Waals surface area contributed by atoms with Crippen molar-refractivity contribution in [2.75, 3.05) is 13.2 Å². The van der Waals surface area contributed by atoms with E-state index in [1.54, 1.807) is 6.07 Å². The van der Waals surface area contributed by atoms with Crippen LogP contribution < -0.4 is 5.32 Å². The van der Waals surface area contributed by atoms with Gasteiger partial charge in [-0.2, -0.15) is 0 Å².